The SMILES string of the molecule is COc1ccc(CNc2ccc3c(c2)-c2c(c(C(N)=O)nn2-c2ccc(SN)cc2)CC3)cc1. The first kappa shape index (κ1) is 22.1. The maximum atomic E-state index is 12.2. The zero-order valence-electron chi connectivity index (χ0n) is 18.7. The van der Waals surface area contributed by atoms with Crippen LogP contribution in [0.2, 0.25) is 0 Å². The number of aryl methyl sites for hydroxylation is 1. The predicted octanol–water partition coefficient (Wildman–Crippen LogP) is 4.32. The summed E-state index contributed by atoms with van der Waals surface area (Å²) in [6.45, 7) is 0.680. The van der Waals surface area contributed by atoms with Gasteiger partial charge in [-0.1, -0.05) is 18.2 Å². The summed E-state index contributed by atoms with van der Waals surface area (Å²) in [6.07, 6.45) is 1.55. The van der Waals surface area contributed by atoms with Gasteiger partial charge in [0, 0.05) is 28.3 Å². The number of hydrogen-bond donors (Lipinski definition) is 3. The molecule has 0 aliphatic heterocycles. The summed E-state index contributed by atoms with van der Waals surface area (Å²) < 4.78 is 7.06. The number of aromatic nitrogens is 2. The van der Waals surface area contributed by atoms with Crippen LogP contribution >= 0.6 is 11.9 Å². The van der Waals surface area contributed by atoms with E-state index in [1.807, 2.05) is 53.2 Å². The zero-order valence-corrected chi connectivity index (χ0v) is 19.6. The van der Waals surface area contributed by atoms with Crippen molar-refractivity contribution in [3.8, 4) is 22.7 Å². The summed E-state index contributed by atoms with van der Waals surface area (Å²) >= 11 is 1.19. The Morgan fingerprint density at radius 3 is 2.53 bits per heavy atom. The van der Waals surface area contributed by atoms with Gasteiger partial charge in [0.05, 0.1) is 18.5 Å². The average Bonchev–Trinajstić information content (AvgIpc) is 3.28. The molecule has 1 aliphatic rings. The molecule has 0 spiro atoms. The number of carbonyl (C=O) groups is 1. The molecule has 7 nitrogen and oxygen atoms in total. The normalized spacial score (nSPS) is 12.1. The van der Waals surface area contributed by atoms with Crippen LogP contribution in [-0.4, -0.2) is 22.8 Å². The summed E-state index contributed by atoms with van der Waals surface area (Å²) in [5.74, 6) is 0.322. The highest BCUT2D eigenvalue weighted by Crippen LogP contribution is 2.38. The van der Waals surface area contributed by atoms with E-state index in [-0.39, 0.29) is 0 Å². The number of rotatable bonds is 7. The number of carbonyl (C=O) groups excluding carboxylic acids is 1. The van der Waals surface area contributed by atoms with Crippen LogP contribution in [0.4, 0.5) is 5.69 Å². The lowest BCUT2D eigenvalue weighted by Gasteiger charge is -2.20. The Morgan fingerprint density at radius 1 is 1.09 bits per heavy atom. The first-order chi connectivity index (χ1) is 16.6. The molecule has 0 bridgehead atoms. The van der Waals surface area contributed by atoms with Crippen molar-refractivity contribution in [3.05, 3.63) is 89.1 Å². The van der Waals surface area contributed by atoms with E-state index in [4.69, 9.17) is 15.6 Å². The van der Waals surface area contributed by atoms with Crippen molar-refractivity contribution in [1.29, 1.82) is 0 Å². The largest absolute Gasteiger partial charge is 0.497 e. The maximum Gasteiger partial charge on any atom is 0.269 e. The monoisotopic (exact) mass is 471 g/mol. The smallest absolute Gasteiger partial charge is 0.269 e. The van der Waals surface area contributed by atoms with Gasteiger partial charge in [-0.25, -0.2) is 4.68 Å². The minimum Gasteiger partial charge on any atom is -0.497 e. The standard InChI is InChI=1S/C26H25N5O2S/c1-33-20-9-2-16(3-10-20)15-29-18-6-4-17-5-13-22-24(26(27)32)30-31(25(22)23(17)14-18)19-7-11-21(34-28)12-8-19/h2-4,6-12,14,29H,5,13,15,28H2,1H3,(H2,27,32). The highest BCUT2D eigenvalue weighted by atomic mass is 32.2. The van der Waals surface area contributed by atoms with Crippen molar-refractivity contribution in [2.45, 2.75) is 24.3 Å². The van der Waals surface area contributed by atoms with Gasteiger partial charge in [-0.15, -0.1) is 0 Å². The van der Waals surface area contributed by atoms with Crippen LogP contribution in [0.5, 0.6) is 5.75 Å². The lowest BCUT2D eigenvalue weighted by Crippen LogP contribution is -2.15. The van der Waals surface area contributed by atoms with E-state index in [1.165, 1.54) is 17.5 Å². The molecule has 0 saturated heterocycles. The molecular formula is C26H25N5O2S. The van der Waals surface area contributed by atoms with E-state index < -0.39 is 5.91 Å². The Bertz CT molecular complexity index is 1350. The quantitative estimate of drug-likeness (QED) is 0.346. The van der Waals surface area contributed by atoms with Crippen LogP contribution < -0.4 is 20.9 Å². The molecule has 5 rings (SSSR count). The van der Waals surface area contributed by atoms with Crippen LogP contribution in [0, 0.1) is 0 Å². The van der Waals surface area contributed by atoms with Crippen molar-refractivity contribution in [3.63, 3.8) is 0 Å². The van der Waals surface area contributed by atoms with Gasteiger partial charge in [0.15, 0.2) is 5.69 Å². The summed E-state index contributed by atoms with van der Waals surface area (Å²) in [5.41, 5.74) is 13.1. The molecule has 4 aromatic rings. The molecule has 0 saturated carbocycles. The van der Waals surface area contributed by atoms with Crippen molar-refractivity contribution in [2.75, 3.05) is 12.4 Å². The second-order valence-corrected chi connectivity index (χ2v) is 8.84. The fourth-order valence-corrected chi connectivity index (χ4v) is 4.64. The van der Waals surface area contributed by atoms with Gasteiger partial charge in [-0.2, -0.15) is 5.10 Å². The molecule has 34 heavy (non-hydrogen) atoms. The van der Waals surface area contributed by atoms with E-state index in [2.05, 4.69) is 28.6 Å². The minimum absolute atomic E-state index is 0.328. The Balaban J connectivity index is 1.52. The van der Waals surface area contributed by atoms with E-state index >= 15 is 0 Å². The highest BCUT2D eigenvalue weighted by molar-refractivity contribution is 7.97. The molecule has 1 aromatic heterocycles. The molecule has 1 amide bonds. The molecule has 0 fully saturated rings. The Kier molecular flexibility index (Phi) is 6.00. The topological polar surface area (TPSA) is 108 Å². The third kappa shape index (κ3) is 4.13. The number of nitrogens with two attached hydrogens (primary N) is 2. The zero-order chi connectivity index (χ0) is 23.7. The Morgan fingerprint density at radius 2 is 1.85 bits per heavy atom. The molecule has 0 radical (unpaired) electrons. The van der Waals surface area contributed by atoms with Crippen molar-refractivity contribution < 1.29 is 9.53 Å². The Hall–Kier alpha value is -3.75. The van der Waals surface area contributed by atoms with Crippen molar-refractivity contribution in [1.82, 2.24) is 9.78 Å². The molecule has 8 heteroatoms. The van der Waals surface area contributed by atoms with Crippen LogP contribution in [0.3, 0.4) is 0 Å². The van der Waals surface area contributed by atoms with Gasteiger partial charge in [-0.05, 0) is 84.4 Å². The number of anilines is 1. The third-order valence-corrected chi connectivity index (χ3v) is 6.64. The lowest BCUT2D eigenvalue weighted by molar-refractivity contribution is 0.0994. The van der Waals surface area contributed by atoms with Crippen LogP contribution in [0.15, 0.2) is 71.6 Å². The molecular weight excluding hydrogens is 446 g/mol. The number of nitrogens with one attached hydrogen (secondary N) is 1. The van der Waals surface area contributed by atoms with Gasteiger partial charge in [0.25, 0.3) is 5.91 Å². The lowest BCUT2D eigenvalue weighted by atomic mass is 9.88. The minimum atomic E-state index is -0.513. The summed E-state index contributed by atoms with van der Waals surface area (Å²) in [5, 5.41) is 13.8. The third-order valence-electron chi connectivity index (χ3n) is 6.10. The fourth-order valence-electron chi connectivity index (χ4n) is 4.35. The van der Waals surface area contributed by atoms with Crippen LogP contribution in [-0.2, 0) is 19.4 Å². The van der Waals surface area contributed by atoms with Crippen molar-refractivity contribution in [2.24, 2.45) is 10.9 Å². The van der Waals surface area contributed by atoms with Gasteiger partial charge >= 0.3 is 0 Å². The van der Waals surface area contributed by atoms with Gasteiger partial charge < -0.3 is 15.8 Å². The van der Waals surface area contributed by atoms with Gasteiger partial charge in [0.2, 0.25) is 0 Å². The first-order valence-electron chi connectivity index (χ1n) is 11.0. The number of amides is 1. The number of nitrogens with zero attached hydrogens (tertiary/aromatic N) is 2. The van der Waals surface area contributed by atoms with E-state index in [1.54, 1.807) is 7.11 Å². The summed E-state index contributed by atoms with van der Waals surface area (Å²) in [4.78, 5) is 13.2. The maximum absolute atomic E-state index is 12.2. The fraction of sp³-hybridized carbons (Fsp3) is 0.154. The number of ether oxygens (including phenoxy) is 1. The van der Waals surface area contributed by atoms with Crippen LogP contribution in [0.25, 0.3) is 16.9 Å². The van der Waals surface area contributed by atoms with E-state index in [0.29, 0.717) is 12.2 Å². The van der Waals surface area contributed by atoms with Crippen molar-refractivity contribution >= 4 is 23.5 Å². The molecule has 5 N–H and O–H groups in total. The molecule has 1 heterocycles. The second-order valence-electron chi connectivity index (χ2n) is 8.14. The summed E-state index contributed by atoms with van der Waals surface area (Å²) in [6, 6.07) is 22.1. The average molecular weight is 472 g/mol. The molecule has 3 aromatic carbocycles. The second kappa shape index (κ2) is 9.24. The highest BCUT2D eigenvalue weighted by Gasteiger charge is 2.28. The number of benzene rings is 3. The molecule has 0 atom stereocenters. The first-order valence-corrected chi connectivity index (χ1v) is 11.8. The molecule has 0 unspecified atom stereocenters. The van der Waals surface area contributed by atoms with Gasteiger partial charge in [0.1, 0.15) is 5.75 Å². The Labute approximate surface area is 202 Å². The molecule has 172 valence electrons. The van der Waals surface area contributed by atoms with Crippen LogP contribution in [0.1, 0.15) is 27.2 Å². The number of methoxy groups -OCH3 is 1. The van der Waals surface area contributed by atoms with E-state index in [9.17, 15) is 4.79 Å². The van der Waals surface area contributed by atoms with Gasteiger partial charge in [-0.3, -0.25) is 9.93 Å². The number of primary amides is 1. The predicted molar refractivity (Wildman–Crippen MR) is 135 cm³/mol. The number of fused-ring (bicyclic) bond motifs is 3. The summed E-state index contributed by atoms with van der Waals surface area (Å²) in [7, 11) is 1.66. The number of hydrogen-bond acceptors (Lipinski definition) is 6. The van der Waals surface area contributed by atoms with E-state index in [0.717, 1.165) is 57.2 Å². The molecule has 1 aliphatic carbocycles.